The molecule has 0 unspecified atom stereocenters. The summed E-state index contributed by atoms with van der Waals surface area (Å²) in [5.41, 5.74) is 1.94. The molecule has 0 aromatic heterocycles. The Kier molecular flexibility index (Phi) is 4.84. The Morgan fingerprint density at radius 1 is 1.05 bits per heavy atom. The van der Waals surface area contributed by atoms with Gasteiger partial charge in [0.2, 0.25) is 0 Å². The average molecular weight is 288 g/mol. The minimum absolute atomic E-state index is 0.0599. The molecule has 0 atom stereocenters. The zero-order valence-electron chi connectivity index (χ0n) is 12.2. The summed E-state index contributed by atoms with van der Waals surface area (Å²) in [4.78, 5) is 12.1. The number of rotatable bonds is 5. The monoisotopic (exact) mass is 288 g/mol. The molecule has 2 rings (SSSR count). The largest absolute Gasteiger partial charge is 0.294 e. The summed E-state index contributed by atoms with van der Waals surface area (Å²) >= 11 is 0. The van der Waals surface area contributed by atoms with E-state index in [9.17, 15) is 13.6 Å². The minimum atomic E-state index is -0.681. The molecular weight excluding hydrogens is 270 g/mol. The lowest BCUT2D eigenvalue weighted by atomic mass is 9.98. The van der Waals surface area contributed by atoms with Gasteiger partial charge in [-0.15, -0.1) is 0 Å². The van der Waals surface area contributed by atoms with Crippen LogP contribution in [0.1, 0.15) is 35.3 Å². The van der Waals surface area contributed by atoms with Crippen LogP contribution in [0.3, 0.4) is 0 Å². The Morgan fingerprint density at radius 3 is 2.29 bits per heavy atom. The fraction of sp³-hybridized carbons (Fsp3) is 0.278. The van der Waals surface area contributed by atoms with Gasteiger partial charge in [-0.3, -0.25) is 4.79 Å². The fourth-order valence-electron chi connectivity index (χ4n) is 2.24. The highest BCUT2D eigenvalue weighted by Crippen LogP contribution is 2.15. The van der Waals surface area contributed by atoms with Crippen molar-refractivity contribution < 1.29 is 13.6 Å². The normalized spacial score (nSPS) is 10.9. The molecule has 0 aliphatic rings. The Bertz CT molecular complexity index is 630. The quantitative estimate of drug-likeness (QED) is 0.735. The van der Waals surface area contributed by atoms with E-state index in [1.165, 1.54) is 11.6 Å². The highest BCUT2D eigenvalue weighted by molar-refractivity contribution is 5.97. The van der Waals surface area contributed by atoms with Crippen LogP contribution in [0.5, 0.6) is 0 Å². The number of halogens is 2. The van der Waals surface area contributed by atoms with Crippen LogP contribution in [0.4, 0.5) is 8.78 Å². The van der Waals surface area contributed by atoms with Crippen molar-refractivity contribution >= 4 is 5.78 Å². The molecule has 0 bridgehead atoms. The average Bonchev–Trinajstić information content (AvgIpc) is 2.42. The molecule has 0 saturated heterocycles. The molecule has 21 heavy (non-hydrogen) atoms. The lowest BCUT2D eigenvalue weighted by molar-refractivity contribution is 0.0991. The highest BCUT2D eigenvalue weighted by atomic mass is 19.1. The lowest BCUT2D eigenvalue weighted by Crippen LogP contribution is -2.06. The molecule has 0 heterocycles. The summed E-state index contributed by atoms with van der Waals surface area (Å²) in [6, 6.07) is 10.7. The summed E-state index contributed by atoms with van der Waals surface area (Å²) in [7, 11) is 0. The number of Topliss-reactive ketones (excluding diaryl/α,β-unsaturated/α-hetero) is 1. The van der Waals surface area contributed by atoms with Crippen LogP contribution < -0.4 is 0 Å². The third-order valence-corrected chi connectivity index (χ3v) is 3.29. The third kappa shape index (κ3) is 4.22. The smallest absolute Gasteiger partial charge is 0.167 e. The second-order valence-electron chi connectivity index (χ2n) is 5.63. The van der Waals surface area contributed by atoms with Gasteiger partial charge in [-0.25, -0.2) is 8.78 Å². The first-order chi connectivity index (χ1) is 9.95. The van der Waals surface area contributed by atoms with E-state index in [-0.39, 0.29) is 17.8 Å². The summed E-state index contributed by atoms with van der Waals surface area (Å²) in [6.45, 7) is 4.27. The number of hydrogen-bond acceptors (Lipinski definition) is 1. The van der Waals surface area contributed by atoms with Crippen LogP contribution in [-0.4, -0.2) is 5.78 Å². The van der Waals surface area contributed by atoms with Crippen LogP contribution in [0.25, 0.3) is 0 Å². The summed E-state index contributed by atoms with van der Waals surface area (Å²) < 4.78 is 26.4. The van der Waals surface area contributed by atoms with E-state index in [0.717, 1.165) is 18.6 Å². The minimum Gasteiger partial charge on any atom is -0.294 e. The molecular formula is C18H18F2O. The van der Waals surface area contributed by atoms with Gasteiger partial charge in [-0.2, -0.15) is 0 Å². The van der Waals surface area contributed by atoms with Gasteiger partial charge in [-0.1, -0.05) is 44.2 Å². The van der Waals surface area contributed by atoms with Crippen molar-refractivity contribution in [3.8, 4) is 0 Å². The van der Waals surface area contributed by atoms with E-state index in [1.807, 2.05) is 12.1 Å². The van der Waals surface area contributed by atoms with E-state index in [4.69, 9.17) is 0 Å². The molecule has 2 aromatic carbocycles. The maximum absolute atomic E-state index is 13.5. The zero-order valence-corrected chi connectivity index (χ0v) is 12.2. The molecule has 0 aliphatic carbocycles. The van der Waals surface area contributed by atoms with Gasteiger partial charge in [-0.05, 0) is 29.5 Å². The van der Waals surface area contributed by atoms with E-state index in [0.29, 0.717) is 11.5 Å². The van der Waals surface area contributed by atoms with Crippen molar-refractivity contribution in [2.45, 2.75) is 26.7 Å². The summed E-state index contributed by atoms with van der Waals surface area (Å²) in [5, 5.41) is 0. The van der Waals surface area contributed by atoms with Crippen molar-refractivity contribution in [2.75, 3.05) is 0 Å². The second kappa shape index (κ2) is 6.61. The molecule has 0 radical (unpaired) electrons. The molecule has 110 valence electrons. The zero-order chi connectivity index (χ0) is 15.4. The number of ketones is 1. The molecule has 3 heteroatoms. The third-order valence-electron chi connectivity index (χ3n) is 3.29. The molecule has 0 fully saturated rings. The van der Waals surface area contributed by atoms with E-state index >= 15 is 0 Å². The van der Waals surface area contributed by atoms with Gasteiger partial charge >= 0.3 is 0 Å². The molecule has 0 spiro atoms. The standard InChI is InChI=1S/C18H18F2O/c1-12(2)9-13-3-5-14(6-4-13)18(21)10-15-7-8-16(19)11-17(15)20/h3-8,11-12H,9-10H2,1-2H3. The Labute approximate surface area is 123 Å². The Hall–Kier alpha value is -2.03. The Balaban J connectivity index is 2.09. The number of carbonyl (C=O) groups is 1. The number of hydrogen-bond donors (Lipinski definition) is 0. The Morgan fingerprint density at radius 2 is 1.71 bits per heavy atom. The van der Waals surface area contributed by atoms with Gasteiger partial charge in [0.1, 0.15) is 11.6 Å². The first-order valence-electron chi connectivity index (χ1n) is 7.02. The fourth-order valence-corrected chi connectivity index (χ4v) is 2.24. The first-order valence-corrected chi connectivity index (χ1v) is 7.02. The van der Waals surface area contributed by atoms with Gasteiger partial charge in [0.15, 0.2) is 5.78 Å². The van der Waals surface area contributed by atoms with Gasteiger partial charge in [0, 0.05) is 18.1 Å². The van der Waals surface area contributed by atoms with Crippen molar-refractivity contribution in [1.29, 1.82) is 0 Å². The molecule has 0 amide bonds. The van der Waals surface area contributed by atoms with E-state index < -0.39 is 11.6 Å². The maximum atomic E-state index is 13.5. The van der Waals surface area contributed by atoms with Gasteiger partial charge in [0.05, 0.1) is 0 Å². The highest BCUT2D eigenvalue weighted by Gasteiger charge is 2.11. The van der Waals surface area contributed by atoms with Crippen molar-refractivity contribution in [3.63, 3.8) is 0 Å². The summed E-state index contributed by atoms with van der Waals surface area (Å²) in [6.07, 6.45) is 0.900. The van der Waals surface area contributed by atoms with E-state index in [1.54, 1.807) is 12.1 Å². The first kappa shape index (κ1) is 15.4. The molecule has 2 aromatic rings. The van der Waals surface area contributed by atoms with Crippen LogP contribution in [0, 0.1) is 17.6 Å². The van der Waals surface area contributed by atoms with E-state index in [2.05, 4.69) is 13.8 Å². The van der Waals surface area contributed by atoms with Crippen LogP contribution in [0.15, 0.2) is 42.5 Å². The van der Waals surface area contributed by atoms with Crippen molar-refractivity contribution in [3.05, 3.63) is 70.8 Å². The lowest BCUT2D eigenvalue weighted by Gasteiger charge is -2.07. The molecule has 0 saturated carbocycles. The second-order valence-corrected chi connectivity index (χ2v) is 5.63. The molecule has 1 nitrogen and oxygen atoms in total. The van der Waals surface area contributed by atoms with Crippen molar-refractivity contribution in [2.24, 2.45) is 5.92 Å². The van der Waals surface area contributed by atoms with Crippen molar-refractivity contribution in [1.82, 2.24) is 0 Å². The van der Waals surface area contributed by atoms with Crippen LogP contribution >= 0.6 is 0 Å². The van der Waals surface area contributed by atoms with Crippen LogP contribution in [-0.2, 0) is 12.8 Å². The SMILES string of the molecule is CC(C)Cc1ccc(C(=O)Cc2ccc(F)cc2F)cc1. The molecule has 0 N–H and O–H groups in total. The van der Waals surface area contributed by atoms with Crippen LogP contribution in [0.2, 0.25) is 0 Å². The molecule has 0 aliphatic heterocycles. The predicted octanol–water partition coefficient (Wildman–Crippen LogP) is 4.59. The van der Waals surface area contributed by atoms with Gasteiger partial charge in [0.25, 0.3) is 0 Å². The number of benzene rings is 2. The number of carbonyl (C=O) groups excluding carboxylic acids is 1. The topological polar surface area (TPSA) is 17.1 Å². The van der Waals surface area contributed by atoms with Gasteiger partial charge < -0.3 is 0 Å². The summed E-state index contributed by atoms with van der Waals surface area (Å²) in [5.74, 6) is -0.932. The predicted molar refractivity (Wildman–Crippen MR) is 79.4 cm³/mol. The maximum Gasteiger partial charge on any atom is 0.167 e.